The molecular weight excluding hydrogens is 340 g/mol. The fourth-order valence-electron chi connectivity index (χ4n) is 1.44. The van der Waals surface area contributed by atoms with Gasteiger partial charge in [-0.05, 0) is 44.7 Å². The normalized spacial score (nSPS) is 15.6. The number of hydrogen-bond acceptors (Lipinski definition) is 4. The van der Waals surface area contributed by atoms with E-state index in [9.17, 15) is 0 Å². The molecule has 0 amide bonds. The van der Waals surface area contributed by atoms with E-state index < -0.39 is 0 Å². The Morgan fingerprint density at radius 3 is 2.88 bits per heavy atom. The maximum atomic E-state index is 5.18. The van der Waals surface area contributed by atoms with Crippen LogP contribution in [0.25, 0.3) is 0 Å². The third-order valence-electron chi connectivity index (χ3n) is 2.40. The quantitative estimate of drug-likeness (QED) is 0.856. The second-order valence-electron chi connectivity index (χ2n) is 3.77. The zero-order valence-electron chi connectivity index (χ0n) is 8.23. The molecule has 0 unspecified atom stereocenters. The monoisotopic (exact) mass is 346 g/mol. The molecule has 0 saturated heterocycles. The van der Waals surface area contributed by atoms with Gasteiger partial charge in [-0.25, -0.2) is 4.68 Å². The first kappa shape index (κ1) is 10.5. The average molecular weight is 348 g/mol. The zero-order chi connectivity index (χ0) is 11.1. The Hall–Kier alpha value is -0.690. The number of rotatable bonds is 3. The molecule has 7 heteroatoms. The van der Waals surface area contributed by atoms with E-state index >= 15 is 0 Å². The largest absolute Gasteiger partial charge is 0.339 e. The first-order valence-electron chi connectivity index (χ1n) is 4.93. The molecule has 1 saturated carbocycles. The molecule has 0 bridgehead atoms. The van der Waals surface area contributed by atoms with E-state index in [1.54, 1.807) is 4.68 Å². The second-order valence-corrected chi connectivity index (χ2v) is 5.40. The first-order chi connectivity index (χ1) is 7.72. The van der Waals surface area contributed by atoms with Gasteiger partial charge in [0.15, 0.2) is 5.82 Å². The van der Waals surface area contributed by atoms with Crippen LogP contribution in [-0.2, 0) is 6.54 Å². The van der Waals surface area contributed by atoms with Crippen molar-refractivity contribution < 1.29 is 4.52 Å². The molecule has 3 rings (SSSR count). The molecule has 5 nitrogen and oxygen atoms in total. The molecule has 0 aromatic carbocycles. The van der Waals surface area contributed by atoms with Gasteiger partial charge in [0.05, 0.1) is 0 Å². The van der Waals surface area contributed by atoms with Crippen LogP contribution >= 0.6 is 31.9 Å². The third kappa shape index (κ3) is 2.06. The maximum absolute atomic E-state index is 5.18. The molecule has 0 atom stereocenters. The van der Waals surface area contributed by atoms with Gasteiger partial charge >= 0.3 is 0 Å². The van der Waals surface area contributed by atoms with E-state index in [0.29, 0.717) is 18.3 Å². The Balaban J connectivity index is 1.79. The van der Waals surface area contributed by atoms with Crippen molar-refractivity contribution in [3.05, 3.63) is 27.0 Å². The summed E-state index contributed by atoms with van der Waals surface area (Å²) < 4.78 is 8.62. The molecule has 0 N–H and O–H groups in total. The molecular formula is C9H8Br2N4O. The Morgan fingerprint density at radius 1 is 1.44 bits per heavy atom. The molecule has 2 aromatic rings. The van der Waals surface area contributed by atoms with Gasteiger partial charge in [-0.15, -0.1) is 0 Å². The summed E-state index contributed by atoms with van der Waals surface area (Å²) in [5.74, 6) is 1.92. The van der Waals surface area contributed by atoms with Gasteiger partial charge in [0.1, 0.15) is 15.8 Å². The van der Waals surface area contributed by atoms with Crippen LogP contribution in [0.15, 0.2) is 19.8 Å². The van der Waals surface area contributed by atoms with Crippen LogP contribution in [0.5, 0.6) is 0 Å². The standard InChI is InChI=1S/C9H8Br2N4O/c10-6-3-7(11)15(13-6)4-8-12-9(16-14-8)5-1-2-5/h3,5H,1-2,4H2. The number of halogens is 2. The minimum Gasteiger partial charge on any atom is -0.339 e. The van der Waals surface area contributed by atoms with Crippen LogP contribution in [0, 0.1) is 0 Å². The minimum absolute atomic E-state index is 0.494. The van der Waals surface area contributed by atoms with Crippen LogP contribution < -0.4 is 0 Å². The summed E-state index contributed by atoms with van der Waals surface area (Å²) in [6.45, 7) is 0.516. The SMILES string of the molecule is Brc1cc(Br)n(Cc2noc(C3CC3)n2)n1. The Bertz CT molecular complexity index is 517. The van der Waals surface area contributed by atoms with Gasteiger partial charge in [-0.2, -0.15) is 10.1 Å². The van der Waals surface area contributed by atoms with Crippen LogP contribution in [0.2, 0.25) is 0 Å². The van der Waals surface area contributed by atoms with Crippen LogP contribution in [0.4, 0.5) is 0 Å². The van der Waals surface area contributed by atoms with Gasteiger partial charge in [0.25, 0.3) is 0 Å². The van der Waals surface area contributed by atoms with E-state index in [1.807, 2.05) is 6.07 Å². The highest BCUT2D eigenvalue weighted by molar-refractivity contribution is 9.11. The molecule has 84 valence electrons. The summed E-state index contributed by atoms with van der Waals surface area (Å²) in [7, 11) is 0. The highest BCUT2D eigenvalue weighted by Gasteiger charge is 2.29. The number of nitrogens with zero attached hydrogens (tertiary/aromatic N) is 4. The molecule has 2 heterocycles. The third-order valence-corrected chi connectivity index (χ3v) is 3.43. The highest BCUT2D eigenvalue weighted by Crippen LogP contribution is 2.38. The molecule has 1 fully saturated rings. The van der Waals surface area contributed by atoms with E-state index in [1.165, 1.54) is 12.8 Å². The lowest BCUT2D eigenvalue weighted by Crippen LogP contribution is -2.03. The van der Waals surface area contributed by atoms with Crippen LogP contribution in [0.1, 0.15) is 30.5 Å². The zero-order valence-corrected chi connectivity index (χ0v) is 11.4. The molecule has 1 aliphatic rings. The summed E-state index contributed by atoms with van der Waals surface area (Å²) in [6.07, 6.45) is 2.33. The molecule has 2 aromatic heterocycles. The van der Waals surface area contributed by atoms with Gasteiger partial charge < -0.3 is 4.52 Å². The van der Waals surface area contributed by atoms with Gasteiger partial charge in [-0.3, -0.25) is 0 Å². The average Bonchev–Trinajstić information content (AvgIpc) is 2.91. The van der Waals surface area contributed by atoms with E-state index in [2.05, 4.69) is 47.1 Å². The highest BCUT2D eigenvalue weighted by atomic mass is 79.9. The van der Waals surface area contributed by atoms with Crippen LogP contribution in [-0.4, -0.2) is 19.9 Å². The molecule has 0 aliphatic heterocycles. The fourth-order valence-corrected chi connectivity index (χ4v) is 2.57. The summed E-state index contributed by atoms with van der Waals surface area (Å²) in [5, 5.41) is 8.18. The van der Waals surface area contributed by atoms with Gasteiger partial charge in [-0.1, -0.05) is 5.16 Å². The molecule has 1 aliphatic carbocycles. The van der Waals surface area contributed by atoms with Crippen molar-refractivity contribution in [1.29, 1.82) is 0 Å². The molecule has 0 spiro atoms. The minimum atomic E-state index is 0.494. The summed E-state index contributed by atoms with van der Waals surface area (Å²) in [6, 6.07) is 1.88. The Morgan fingerprint density at radius 2 is 2.25 bits per heavy atom. The Kier molecular flexibility index (Phi) is 2.59. The summed E-state index contributed by atoms with van der Waals surface area (Å²) in [4.78, 5) is 4.34. The summed E-state index contributed by atoms with van der Waals surface area (Å²) in [5.41, 5.74) is 0. The van der Waals surface area contributed by atoms with E-state index in [-0.39, 0.29) is 0 Å². The van der Waals surface area contributed by atoms with Crippen LogP contribution in [0.3, 0.4) is 0 Å². The lowest BCUT2D eigenvalue weighted by atomic mass is 10.4. The number of hydrogen-bond donors (Lipinski definition) is 0. The first-order valence-corrected chi connectivity index (χ1v) is 6.52. The van der Waals surface area contributed by atoms with Gasteiger partial charge in [0, 0.05) is 12.0 Å². The number of aromatic nitrogens is 4. The topological polar surface area (TPSA) is 56.7 Å². The van der Waals surface area contributed by atoms with E-state index in [0.717, 1.165) is 15.1 Å². The van der Waals surface area contributed by atoms with Crippen molar-refractivity contribution in [2.75, 3.05) is 0 Å². The predicted octanol–water partition coefficient (Wildman–Crippen LogP) is 2.72. The van der Waals surface area contributed by atoms with Crippen molar-refractivity contribution in [3.8, 4) is 0 Å². The van der Waals surface area contributed by atoms with E-state index in [4.69, 9.17) is 4.52 Å². The van der Waals surface area contributed by atoms with Crippen molar-refractivity contribution in [1.82, 2.24) is 19.9 Å². The van der Waals surface area contributed by atoms with Crippen molar-refractivity contribution >= 4 is 31.9 Å². The van der Waals surface area contributed by atoms with Gasteiger partial charge in [0.2, 0.25) is 5.89 Å². The smallest absolute Gasteiger partial charge is 0.229 e. The van der Waals surface area contributed by atoms with Crippen molar-refractivity contribution in [2.24, 2.45) is 0 Å². The Labute approximate surface area is 108 Å². The fraction of sp³-hybridized carbons (Fsp3) is 0.444. The lowest BCUT2D eigenvalue weighted by molar-refractivity contribution is 0.372. The molecule has 0 radical (unpaired) electrons. The predicted molar refractivity (Wildman–Crippen MR) is 63.0 cm³/mol. The van der Waals surface area contributed by atoms with Crippen molar-refractivity contribution in [3.63, 3.8) is 0 Å². The maximum Gasteiger partial charge on any atom is 0.229 e. The summed E-state index contributed by atoms with van der Waals surface area (Å²) >= 11 is 6.72. The lowest BCUT2D eigenvalue weighted by Gasteiger charge is -1.96. The van der Waals surface area contributed by atoms with Crippen molar-refractivity contribution in [2.45, 2.75) is 25.3 Å². The second kappa shape index (κ2) is 3.96. The molecule has 16 heavy (non-hydrogen) atoms.